The summed E-state index contributed by atoms with van der Waals surface area (Å²) >= 11 is 0.830. The minimum atomic E-state index is -2.85. The van der Waals surface area contributed by atoms with E-state index in [0.29, 0.717) is 34.5 Å². The van der Waals surface area contributed by atoms with Crippen molar-refractivity contribution >= 4 is 39.1 Å². The molecule has 10 nitrogen and oxygen atoms in total. The zero-order valence-corrected chi connectivity index (χ0v) is 21.7. The second-order valence-corrected chi connectivity index (χ2v) is 9.85. The van der Waals surface area contributed by atoms with Crippen molar-refractivity contribution in [3.63, 3.8) is 0 Å². The van der Waals surface area contributed by atoms with Crippen molar-refractivity contribution in [3.05, 3.63) is 69.6 Å². The van der Waals surface area contributed by atoms with Crippen molar-refractivity contribution in [2.75, 3.05) is 5.32 Å². The summed E-state index contributed by atoms with van der Waals surface area (Å²) in [4.78, 5) is 29.7. The van der Waals surface area contributed by atoms with Gasteiger partial charge in [0.25, 0.3) is 18.2 Å². The molecule has 0 aliphatic carbocycles. The summed E-state index contributed by atoms with van der Waals surface area (Å²) in [6.07, 6.45) is -1.18. The van der Waals surface area contributed by atoms with Crippen molar-refractivity contribution in [3.8, 4) is 11.1 Å². The van der Waals surface area contributed by atoms with Gasteiger partial charge in [0.15, 0.2) is 5.76 Å². The van der Waals surface area contributed by atoms with E-state index in [1.165, 1.54) is 12.1 Å². The van der Waals surface area contributed by atoms with E-state index in [1.807, 2.05) is 19.9 Å². The van der Waals surface area contributed by atoms with E-state index in [1.54, 1.807) is 35.6 Å². The molecule has 0 spiro atoms. The topological polar surface area (TPSA) is 134 Å². The molecule has 5 rings (SSSR count). The Morgan fingerprint density at radius 1 is 1.16 bits per heavy atom. The number of aromatic nitrogens is 5. The number of fused-ring (bicyclic) bond motifs is 1. The van der Waals surface area contributed by atoms with Crippen LogP contribution in [0.15, 0.2) is 34.9 Å². The maximum Gasteiger partial charge on any atom is 0.291 e. The molecular formula is C25H23F2N7O3S. The standard InChI is InChI=1S/C25H23F2N7O3S/c1-11-7-12(2)34(31-11)9-14-5-6-18(37-14)24(36)30-20-19-15(16-10-33(4)32-13(16)3)8-17(22(26)27)29-25(19)38-21(20)23(28)35/h5-8,10,22H,9H2,1-4H3,(H2,28,35)(H,30,36). The summed E-state index contributed by atoms with van der Waals surface area (Å²) in [6.45, 7) is 5.85. The third-order valence-electron chi connectivity index (χ3n) is 5.97. The number of anilines is 1. The van der Waals surface area contributed by atoms with Crippen LogP contribution in [0.2, 0.25) is 0 Å². The zero-order valence-electron chi connectivity index (χ0n) is 20.9. The van der Waals surface area contributed by atoms with Gasteiger partial charge in [-0.2, -0.15) is 10.2 Å². The number of pyridine rings is 1. The molecule has 0 aliphatic heterocycles. The minimum Gasteiger partial charge on any atom is -0.454 e. The van der Waals surface area contributed by atoms with Gasteiger partial charge in [0.2, 0.25) is 0 Å². The normalized spacial score (nSPS) is 11.6. The van der Waals surface area contributed by atoms with Crippen LogP contribution < -0.4 is 11.1 Å². The Hall–Kier alpha value is -4.39. The Morgan fingerprint density at radius 3 is 2.53 bits per heavy atom. The number of amides is 2. The van der Waals surface area contributed by atoms with Crippen LogP contribution in [0, 0.1) is 20.8 Å². The molecule has 0 unspecified atom stereocenters. The molecule has 5 aromatic heterocycles. The molecule has 5 aromatic rings. The highest BCUT2D eigenvalue weighted by Gasteiger charge is 2.27. The number of hydrogen-bond acceptors (Lipinski definition) is 7. The number of carbonyl (C=O) groups is 2. The monoisotopic (exact) mass is 539 g/mol. The molecule has 196 valence electrons. The summed E-state index contributed by atoms with van der Waals surface area (Å²) in [6, 6.07) is 6.34. The Bertz CT molecular complexity index is 1710. The second kappa shape index (κ2) is 9.49. The number of aryl methyl sites for hydroxylation is 4. The van der Waals surface area contributed by atoms with Crippen LogP contribution in [0.4, 0.5) is 14.5 Å². The highest BCUT2D eigenvalue weighted by atomic mass is 32.1. The number of thiophene rings is 1. The summed E-state index contributed by atoms with van der Waals surface area (Å²) in [5.74, 6) is -0.979. The van der Waals surface area contributed by atoms with Crippen molar-refractivity contribution < 1.29 is 22.8 Å². The van der Waals surface area contributed by atoms with Crippen molar-refractivity contribution in [2.45, 2.75) is 33.7 Å². The van der Waals surface area contributed by atoms with Gasteiger partial charge in [-0.25, -0.2) is 13.8 Å². The molecule has 0 saturated carbocycles. The molecule has 38 heavy (non-hydrogen) atoms. The van der Waals surface area contributed by atoms with Gasteiger partial charge in [0.1, 0.15) is 21.2 Å². The maximum absolute atomic E-state index is 13.7. The number of furan rings is 1. The first kappa shape index (κ1) is 25.3. The van der Waals surface area contributed by atoms with Crippen molar-refractivity contribution in [1.82, 2.24) is 24.5 Å². The third kappa shape index (κ3) is 4.56. The molecule has 0 bridgehead atoms. The van der Waals surface area contributed by atoms with Gasteiger partial charge in [-0.05, 0) is 50.6 Å². The predicted molar refractivity (Wildman–Crippen MR) is 137 cm³/mol. The first-order chi connectivity index (χ1) is 18.0. The first-order valence-electron chi connectivity index (χ1n) is 11.5. The van der Waals surface area contributed by atoms with E-state index in [2.05, 4.69) is 20.5 Å². The molecule has 2 amide bonds. The number of nitrogens with zero attached hydrogens (tertiary/aromatic N) is 5. The van der Waals surface area contributed by atoms with E-state index >= 15 is 0 Å². The highest BCUT2D eigenvalue weighted by Crippen LogP contribution is 2.43. The van der Waals surface area contributed by atoms with Gasteiger partial charge in [-0.1, -0.05) is 0 Å². The molecule has 0 aromatic carbocycles. The molecule has 0 atom stereocenters. The Labute approximate surface area is 219 Å². The Balaban J connectivity index is 1.58. The van der Waals surface area contributed by atoms with Crippen molar-refractivity contribution in [1.29, 1.82) is 0 Å². The van der Waals surface area contributed by atoms with Gasteiger partial charge in [0.05, 0.1) is 23.6 Å². The average Bonchev–Trinajstić information content (AvgIpc) is 3.60. The van der Waals surface area contributed by atoms with E-state index < -0.39 is 23.9 Å². The zero-order chi connectivity index (χ0) is 27.3. The second-order valence-electron chi connectivity index (χ2n) is 8.85. The van der Waals surface area contributed by atoms with Crippen LogP contribution in [-0.2, 0) is 13.6 Å². The molecule has 3 N–H and O–H groups in total. The number of nitrogens with two attached hydrogens (primary N) is 1. The van der Waals surface area contributed by atoms with Crippen LogP contribution in [0.1, 0.15) is 55.2 Å². The van der Waals surface area contributed by atoms with Crippen LogP contribution in [0.25, 0.3) is 21.3 Å². The SMILES string of the molecule is Cc1cc(C)n(Cc2ccc(C(=O)Nc3c(C(N)=O)sc4nc(C(F)F)cc(-c5cn(C)nc5C)c34)o2)n1. The molecule has 0 aliphatic rings. The fraction of sp³-hybridized carbons (Fsp3) is 0.240. The fourth-order valence-electron chi connectivity index (χ4n) is 4.34. The number of nitrogens with one attached hydrogen (secondary N) is 1. The quantitative estimate of drug-likeness (QED) is 0.307. The molecular weight excluding hydrogens is 516 g/mol. The number of rotatable bonds is 7. The summed E-state index contributed by atoms with van der Waals surface area (Å²) in [5, 5.41) is 11.7. The molecule has 13 heteroatoms. The van der Waals surface area contributed by atoms with Gasteiger partial charge in [-0.15, -0.1) is 11.3 Å². The lowest BCUT2D eigenvalue weighted by Gasteiger charge is -2.10. The van der Waals surface area contributed by atoms with Gasteiger partial charge in [0, 0.05) is 29.9 Å². The number of carbonyl (C=O) groups excluding carboxylic acids is 2. The van der Waals surface area contributed by atoms with Gasteiger partial charge >= 0.3 is 0 Å². The molecule has 0 radical (unpaired) electrons. The van der Waals surface area contributed by atoms with Crippen LogP contribution in [0.3, 0.4) is 0 Å². The van der Waals surface area contributed by atoms with Crippen LogP contribution in [-0.4, -0.2) is 36.4 Å². The minimum absolute atomic E-state index is 0.00688. The van der Waals surface area contributed by atoms with E-state index in [0.717, 1.165) is 22.7 Å². The van der Waals surface area contributed by atoms with E-state index in [-0.39, 0.29) is 21.2 Å². The largest absolute Gasteiger partial charge is 0.454 e. The fourth-order valence-corrected chi connectivity index (χ4v) is 5.36. The lowest BCUT2D eigenvalue weighted by atomic mass is 10.0. The van der Waals surface area contributed by atoms with E-state index in [9.17, 15) is 18.4 Å². The third-order valence-corrected chi connectivity index (χ3v) is 7.06. The molecule has 0 saturated heterocycles. The van der Waals surface area contributed by atoms with Crippen molar-refractivity contribution in [2.24, 2.45) is 12.8 Å². The van der Waals surface area contributed by atoms with Crippen LogP contribution in [0.5, 0.6) is 0 Å². The number of primary amides is 1. The lowest BCUT2D eigenvalue weighted by molar-refractivity contribution is 0.0994. The number of alkyl halides is 2. The Kier molecular flexibility index (Phi) is 6.31. The smallest absolute Gasteiger partial charge is 0.291 e. The summed E-state index contributed by atoms with van der Waals surface area (Å²) < 4.78 is 36.5. The Morgan fingerprint density at radius 2 is 1.92 bits per heavy atom. The summed E-state index contributed by atoms with van der Waals surface area (Å²) in [5.41, 5.74) is 8.49. The predicted octanol–water partition coefficient (Wildman–Crippen LogP) is 4.75. The number of halogens is 2. The molecule has 5 heterocycles. The lowest BCUT2D eigenvalue weighted by Crippen LogP contribution is -2.16. The van der Waals surface area contributed by atoms with E-state index in [4.69, 9.17) is 10.2 Å². The maximum atomic E-state index is 13.7. The highest BCUT2D eigenvalue weighted by molar-refractivity contribution is 7.21. The first-order valence-corrected chi connectivity index (χ1v) is 12.3. The van der Waals surface area contributed by atoms with Gasteiger partial charge < -0.3 is 15.5 Å². The average molecular weight is 540 g/mol. The molecule has 0 fully saturated rings. The van der Waals surface area contributed by atoms with Gasteiger partial charge in [-0.3, -0.25) is 19.0 Å². The number of hydrogen-bond donors (Lipinski definition) is 2. The summed E-state index contributed by atoms with van der Waals surface area (Å²) in [7, 11) is 1.70. The van der Waals surface area contributed by atoms with Crippen LogP contribution >= 0.6 is 11.3 Å².